The Morgan fingerprint density at radius 3 is 2.77 bits per heavy atom. The van der Waals surface area contributed by atoms with E-state index in [9.17, 15) is 0 Å². The first kappa shape index (κ1) is 15.3. The first-order valence-electron chi connectivity index (χ1n) is 8.28. The zero-order valence-corrected chi connectivity index (χ0v) is 13.9. The van der Waals surface area contributed by atoms with Crippen molar-refractivity contribution in [3.8, 4) is 5.88 Å². The first-order chi connectivity index (χ1) is 10.7. The number of ether oxygens (including phenoxy) is 2. The molecule has 0 amide bonds. The third kappa shape index (κ3) is 2.84. The summed E-state index contributed by atoms with van der Waals surface area (Å²) < 4.78 is 13.7. The molecule has 0 unspecified atom stereocenters. The van der Waals surface area contributed by atoms with Crippen molar-refractivity contribution in [2.75, 3.05) is 20.3 Å². The second kappa shape index (κ2) is 6.69. The number of methoxy groups -OCH3 is 1. The van der Waals surface area contributed by atoms with Gasteiger partial charge in [0.05, 0.1) is 13.2 Å². The molecule has 0 spiro atoms. The van der Waals surface area contributed by atoms with E-state index in [1.807, 2.05) is 6.20 Å². The number of pyridine rings is 1. The summed E-state index contributed by atoms with van der Waals surface area (Å²) in [6.07, 6.45) is 7.12. The van der Waals surface area contributed by atoms with E-state index in [2.05, 4.69) is 29.5 Å². The zero-order chi connectivity index (χ0) is 15.5. The van der Waals surface area contributed by atoms with Gasteiger partial charge in [-0.15, -0.1) is 0 Å². The van der Waals surface area contributed by atoms with Crippen LogP contribution in [0.3, 0.4) is 0 Å². The van der Waals surface area contributed by atoms with E-state index < -0.39 is 0 Å². The molecule has 120 valence electrons. The molecule has 2 heterocycles. The molecule has 0 saturated heterocycles. The highest BCUT2D eigenvalue weighted by Gasteiger charge is 2.19. The minimum atomic E-state index is 0.695. The molecule has 0 atom stereocenters. The van der Waals surface area contributed by atoms with Gasteiger partial charge in [-0.05, 0) is 44.2 Å². The van der Waals surface area contributed by atoms with E-state index in [0.29, 0.717) is 12.5 Å². The van der Waals surface area contributed by atoms with Crippen LogP contribution in [0.1, 0.15) is 36.9 Å². The molecule has 4 heteroatoms. The number of aryl methyl sites for hydroxylation is 1. The molecular formula is C18H26N2O2. The van der Waals surface area contributed by atoms with E-state index in [1.54, 1.807) is 7.11 Å². The number of hydrogen-bond donors (Lipinski definition) is 0. The van der Waals surface area contributed by atoms with Crippen molar-refractivity contribution in [1.29, 1.82) is 0 Å². The summed E-state index contributed by atoms with van der Waals surface area (Å²) in [6.45, 7) is 6.65. The van der Waals surface area contributed by atoms with Crippen LogP contribution in [0.4, 0.5) is 0 Å². The molecule has 0 bridgehead atoms. The van der Waals surface area contributed by atoms with Gasteiger partial charge in [0.15, 0.2) is 0 Å². The second-order valence-corrected chi connectivity index (χ2v) is 6.33. The molecule has 1 saturated carbocycles. The monoisotopic (exact) mass is 302 g/mol. The van der Waals surface area contributed by atoms with Gasteiger partial charge in [-0.1, -0.05) is 12.8 Å². The van der Waals surface area contributed by atoms with Crippen LogP contribution in [0.5, 0.6) is 5.88 Å². The Labute approximate surface area is 132 Å². The third-order valence-electron chi connectivity index (χ3n) is 4.96. The van der Waals surface area contributed by atoms with Crippen molar-refractivity contribution in [3.05, 3.63) is 23.5 Å². The lowest BCUT2D eigenvalue weighted by Gasteiger charge is -2.14. The Bertz CT molecular complexity index is 642. The Kier molecular flexibility index (Phi) is 4.67. The van der Waals surface area contributed by atoms with Crippen molar-refractivity contribution < 1.29 is 9.47 Å². The maximum Gasteiger partial charge on any atom is 0.238 e. The highest BCUT2D eigenvalue weighted by molar-refractivity contribution is 5.88. The molecule has 0 aromatic carbocycles. The fourth-order valence-corrected chi connectivity index (χ4v) is 3.50. The van der Waals surface area contributed by atoms with Crippen LogP contribution in [0, 0.1) is 19.8 Å². The first-order valence-corrected chi connectivity index (χ1v) is 8.28. The quantitative estimate of drug-likeness (QED) is 0.812. The molecule has 1 aliphatic carbocycles. The lowest BCUT2D eigenvalue weighted by Crippen LogP contribution is -2.11. The number of nitrogens with zero attached hydrogens (tertiary/aromatic N) is 2. The number of fused-ring (bicyclic) bond motifs is 1. The van der Waals surface area contributed by atoms with Crippen LogP contribution in [-0.2, 0) is 11.3 Å². The van der Waals surface area contributed by atoms with E-state index in [0.717, 1.165) is 24.5 Å². The Hall–Kier alpha value is -1.55. The maximum atomic E-state index is 6.12. The summed E-state index contributed by atoms with van der Waals surface area (Å²) in [5.74, 6) is 1.47. The average Bonchev–Trinajstić information content (AvgIpc) is 3.13. The number of rotatable bonds is 6. The van der Waals surface area contributed by atoms with Gasteiger partial charge in [0, 0.05) is 30.9 Å². The normalized spacial score (nSPS) is 15.8. The van der Waals surface area contributed by atoms with E-state index >= 15 is 0 Å². The molecule has 0 N–H and O–H groups in total. The highest BCUT2D eigenvalue weighted by Crippen LogP contribution is 2.32. The predicted octanol–water partition coefficient (Wildman–Crippen LogP) is 3.87. The largest absolute Gasteiger partial charge is 0.476 e. The maximum absolute atomic E-state index is 6.12. The topological polar surface area (TPSA) is 36.3 Å². The Balaban J connectivity index is 1.92. The molecule has 3 rings (SSSR count). The Morgan fingerprint density at radius 2 is 2.05 bits per heavy atom. The molecule has 1 aliphatic rings. The lowest BCUT2D eigenvalue weighted by atomic mass is 10.1. The molecule has 0 aliphatic heterocycles. The summed E-state index contributed by atoms with van der Waals surface area (Å²) in [6, 6.07) is 2.09. The molecule has 1 fully saturated rings. The van der Waals surface area contributed by atoms with Gasteiger partial charge in [-0.3, -0.25) is 0 Å². The molecule has 0 radical (unpaired) electrons. The van der Waals surface area contributed by atoms with Crippen LogP contribution in [0.15, 0.2) is 12.3 Å². The smallest absolute Gasteiger partial charge is 0.238 e. The van der Waals surface area contributed by atoms with Gasteiger partial charge >= 0.3 is 0 Å². The Morgan fingerprint density at radius 1 is 1.27 bits per heavy atom. The van der Waals surface area contributed by atoms with Crippen molar-refractivity contribution in [2.45, 2.75) is 46.1 Å². The summed E-state index contributed by atoms with van der Waals surface area (Å²) in [4.78, 5) is 4.51. The number of hydrogen-bond acceptors (Lipinski definition) is 3. The minimum Gasteiger partial charge on any atom is -0.476 e. The fraction of sp³-hybridized carbons (Fsp3) is 0.611. The minimum absolute atomic E-state index is 0.695. The molecule has 2 aromatic rings. The van der Waals surface area contributed by atoms with Gasteiger partial charge in [-0.25, -0.2) is 4.98 Å². The van der Waals surface area contributed by atoms with E-state index in [4.69, 9.17) is 9.47 Å². The lowest BCUT2D eigenvalue weighted by molar-refractivity contribution is 0.187. The summed E-state index contributed by atoms with van der Waals surface area (Å²) in [5, 5.41) is 1.24. The SMILES string of the molecule is COCCn1c(C)c(C)c2ccnc(OCC3CCCC3)c21. The van der Waals surface area contributed by atoms with Gasteiger partial charge < -0.3 is 14.0 Å². The molecular weight excluding hydrogens is 276 g/mol. The average molecular weight is 302 g/mol. The second-order valence-electron chi connectivity index (χ2n) is 6.33. The van der Waals surface area contributed by atoms with Crippen LogP contribution >= 0.6 is 0 Å². The van der Waals surface area contributed by atoms with Crippen LogP contribution in [0.25, 0.3) is 10.9 Å². The molecule has 22 heavy (non-hydrogen) atoms. The summed E-state index contributed by atoms with van der Waals surface area (Å²) in [5.41, 5.74) is 3.69. The van der Waals surface area contributed by atoms with E-state index in [-0.39, 0.29) is 0 Å². The third-order valence-corrected chi connectivity index (χ3v) is 4.96. The van der Waals surface area contributed by atoms with Gasteiger partial charge in [0.25, 0.3) is 0 Å². The van der Waals surface area contributed by atoms with E-state index in [1.165, 1.54) is 42.3 Å². The number of aromatic nitrogens is 2. The van der Waals surface area contributed by atoms with Gasteiger partial charge in [0.1, 0.15) is 5.52 Å². The van der Waals surface area contributed by atoms with Gasteiger partial charge in [-0.2, -0.15) is 0 Å². The van der Waals surface area contributed by atoms with Crippen molar-refractivity contribution in [1.82, 2.24) is 9.55 Å². The van der Waals surface area contributed by atoms with Crippen molar-refractivity contribution in [2.24, 2.45) is 5.92 Å². The highest BCUT2D eigenvalue weighted by atomic mass is 16.5. The van der Waals surface area contributed by atoms with Crippen LogP contribution in [-0.4, -0.2) is 29.9 Å². The van der Waals surface area contributed by atoms with Crippen LogP contribution < -0.4 is 4.74 Å². The predicted molar refractivity (Wildman–Crippen MR) is 88.5 cm³/mol. The fourth-order valence-electron chi connectivity index (χ4n) is 3.50. The molecule has 2 aromatic heterocycles. The van der Waals surface area contributed by atoms with Crippen molar-refractivity contribution in [3.63, 3.8) is 0 Å². The zero-order valence-electron chi connectivity index (χ0n) is 13.9. The van der Waals surface area contributed by atoms with Gasteiger partial charge in [0.2, 0.25) is 5.88 Å². The van der Waals surface area contributed by atoms with Crippen molar-refractivity contribution >= 4 is 10.9 Å². The standard InChI is InChI=1S/C18H26N2O2/c1-13-14(2)20(10-11-21-3)17-16(13)8-9-19-18(17)22-12-15-6-4-5-7-15/h8-9,15H,4-7,10-12H2,1-3H3. The summed E-state index contributed by atoms with van der Waals surface area (Å²) >= 11 is 0. The van der Waals surface area contributed by atoms with Crippen LogP contribution in [0.2, 0.25) is 0 Å². The summed E-state index contributed by atoms with van der Waals surface area (Å²) in [7, 11) is 1.74. The molecule has 4 nitrogen and oxygen atoms in total.